The van der Waals surface area contributed by atoms with Crippen LogP contribution in [0.2, 0.25) is 0 Å². The maximum Gasteiger partial charge on any atom is 0.166 e. The van der Waals surface area contributed by atoms with Gasteiger partial charge in [0.15, 0.2) is 6.29 Å². The number of carbonyl (C=O) groups is 1. The standard InChI is InChI=1S/C12H19NO2/c1-2-3-9-15-10-5-8-13-7-4-6-12(13)11-14/h4,6-7,11H,2-3,5,8-10H2,1H3. The zero-order valence-electron chi connectivity index (χ0n) is 9.32. The van der Waals surface area contributed by atoms with E-state index in [9.17, 15) is 4.79 Å². The van der Waals surface area contributed by atoms with E-state index in [0.717, 1.165) is 44.6 Å². The highest BCUT2D eigenvalue weighted by Gasteiger charge is 1.98. The average molecular weight is 209 g/mol. The van der Waals surface area contributed by atoms with Gasteiger partial charge in [0, 0.05) is 26.0 Å². The van der Waals surface area contributed by atoms with Crippen molar-refractivity contribution < 1.29 is 9.53 Å². The number of hydrogen-bond acceptors (Lipinski definition) is 2. The van der Waals surface area contributed by atoms with Crippen molar-refractivity contribution in [3.63, 3.8) is 0 Å². The van der Waals surface area contributed by atoms with Gasteiger partial charge >= 0.3 is 0 Å². The molecule has 0 amide bonds. The van der Waals surface area contributed by atoms with Crippen LogP contribution in [-0.2, 0) is 11.3 Å². The van der Waals surface area contributed by atoms with Gasteiger partial charge in [-0.25, -0.2) is 0 Å². The van der Waals surface area contributed by atoms with Crippen LogP contribution in [0.5, 0.6) is 0 Å². The Kier molecular flexibility index (Phi) is 5.78. The third-order valence-corrected chi connectivity index (χ3v) is 2.32. The highest BCUT2D eigenvalue weighted by molar-refractivity contribution is 5.72. The number of aryl methyl sites for hydroxylation is 1. The third-order valence-electron chi connectivity index (χ3n) is 2.32. The van der Waals surface area contributed by atoms with Gasteiger partial charge in [0.25, 0.3) is 0 Å². The normalized spacial score (nSPS) is 10.5. The molecule has 0 unspecified atom stereocenters. The third kappa shape index (κ3) is 4.30. The highest BCUT2D eigenvalue weighted by Crippen LogP contribution is 2.01. The van der Waals surface area contributed by atoms with Gasteiger partial charge in [0.05, 0.1) is 5.69 Å². The molecule has 15 heavy (non-hydrogen) atoms. The van der Waals surface area contributed by atoms with Gasteiger partial charge in [-0.15, -0.1) is 0 Å². The van der Waals surface area contributed by atoms with E-state index in [1.54, 1.807) is 0 Å². The lowest BCUT2D eigenvalue weighted by Gasteiger charge is -2.06. The van der Waals surface area contributed by atoms with Gasteiger partial charge in [-0.2, -0.15) is 0 Å². The van der Waals surface area contributed by atoms with E-state index in [1.165, 1.54) is 6.42 Å². The molecule has 0 aliphatic carbocycles. The lowest BCUT2D eigenvalue weighted by molar-refractivity contribution is 0.111. The van der Waals surface area contributed by atoms with Gasteiger partial charge in [-0.3, -0.25) is 4.79 Å². The average Bonchev–Trinajstić information content (AvgIpc) is 2.70. The van der Waals surface area contributed by atoms with E-state index in [1.807, 2.05) is 22.9 Å². The minimum Gasteiger partial charge on any atom is -0.381 e. The molecule has 1 aromatic heterocycles. The van der Waals surface area contributed by atoms with Crippen LogP contribution in [0.4, 0.5) is 0 Å². The second kappa shape index (κ2) is 7.23. The summed E-state index contributed by atoms with van der Waals surface area (Å²) in [7, 11) is 0. The quantitative estimate of drug-likeness (QED) is 0.486. The van der Waals surface area contributed by atoms with Crippen molar-refractivity contribution in [1.29, 1.82) is 0 Å². The van der Waals surface area contributed by atoms with Crippen LogP contribution >= 0.6 is 0 Å². The monoisotopic (exact) mass is 209 g/mol. The lowest BCUT2D eigenvalue weighted by atomic mass is 10.3. The number of aromatic nitrogens is 1. The molecule has 0 N–H and O–H groups in total. The molecule has 3 heteroatoms. The van der Waals surface area contributed by atoms with E-state index in [-0.39, 0.29) is 0 Å². The first kappa shape index (κ1) is 12.0. The fourth-order valence-electron chi connectivity index (χ4n) is 1.42. The Morgan fingerprint density at radius 1 is 1.40 bits per heavy atom. The molecular formula is C12H19NO2. The second-order valence-electron chi connectivity index (χ2n) is 3.56. The van der Waals surface area contributed by atoms with Crippen molar-refractivity contribution in [2.45, 2.75) is 32.7 Å². The Balaban J connectivity index is 2.12. The van der Waals surface area contributed by atoms with Crippen LogP contribution in [0, 0.1) is 0 Å². The first-order valence-corrected chi connectivity index (χ1v) is 5.56. The van der Waals surface area contributed by atoms with E-state index >= 15 is 0 Å². The van der Waals surface area contributed by atoms with Crippen LogP contribution < -0.4 is 0 Å². The topological polar surface area (TPSA) is 31.2 Å². The van der Waals surface area contributed by atoms with Gasteiger partial charge in [-0.1, -0.05) is 13.3 Å². The Labute approximate surface area is 91.0 Å². The molecule has 0 aliphatic rings. The maximum atomic E-state index is 10.6. The van der Waals surface area contributed by atoms with Gasteiger partial charge < -0.3 is 9.30 Å². The molecule has 0 aromatic carbocycles. The van der Waals surface area contributed by atoms with Crippen LogP contribution in [0.15, 0.2) is 18.3 Å². The Hall–Kier alpha value is -1.09. The zero-order chi connectivity index (χ0) is 10.9. The number of carbonyl (C=O) groups excluding carboxylic acids is 1. The summed E-state index contributed by atoms with van der Waals surface area (Å²) in [6.45, 7) is 4.63. The van der Waals surface area contributed by atoms with Crippen LogP contribution in [0.1, 0.15) is 36.7 Å². The molecule has 84 valence electrons. The summed E-state index contributed by atoms with van der Waals surface area (Å²) in [5, 5.41) is 0. The Morgan fingerprint density at radius 3 is 2.93 bits per heavy atom. The summed E-state index contributed by atoms with van der Waals surface area (Å²) in [6.07, 6.45) is 6.07. The van der Waals surface area contributed by atoms with E-state index in [2.05, 4.69) is 6.92 Å². The number of rotatable bonds is 8. The van der Waals surface area contributed by atoms with Crippen molar-refractivity contribution in [2.75, 3.05) is 13.2 Å². The van der Waals surface area contributed by atoms with Crippen molar-refractivity contribution in [1.82, 2.24) is 4.57 Å². The number of aldehydes is 1. The Bertz CT molecular complexity index is 281. The molecule has 0 atom stereocenters. The SMILES string of the molecule is CCCCOCCCn1cccc1C=O. The van der Waals surface area contributed by atoms with Gasteiger partial charge in [0.2, 0.25) is 0 Å². The lowest BCUT2D eigenvalue weighted by Crippen LogP contribution is -2.05. The predicted octanol–water partition coefficient (Wildman–Crippen LogP) is 2.51. The van der Waals surface area contributed by atoms with Crippen molar-refractivity contribution >= 4 is 6.29 Å². The van der Waals surface area contributed by atoms with E-state index in [4.69, 9.17) is 4.74 Å². The van der Waals surface area contributed by atoms with Crippen molar-refractivity contribution in [3.8, 4) is 0 Å². The first-order chi connectivity index (χ1) is 7.38. The molecular weight excluding hydrogens is 190 g/mol. The number of nitrogens with zero attached hydrogens (tertiary/aromatic N) is 1. The van der Waals surface area contributed by atoms with Crippen molar-refractivity contribution in [2.24, 2.45) is 0 Å². The molecule has 0 aliphatic heterocycles. The molecule has 0 bridgehead atoms. The molecule has 0 radical (unpaired) electrons. The molecule has 1 rings (SSSR count). The number of hydrogen-bond donors (Lipinski definition) is 0. The second-order valence-corrected chi connectivity index (χ2v) is 3.56. The first-order valence-electron chi connectivity index (χ1n) is 5.56. The fourth-order valence-corrected chi connectivity index (χ4v) is 1.42. The summed E-state index contributed by atoms with van der Waals surface area (Å²) in [5.41, 5.74) is 0.739. The molecule has 1 heterocycles. The zero-order valence-corrected chi connectivity index (χ0v) is 9.32. The summed E-state index contributed by atoms with van der Waals surface area (Å²) in [6, 6.07) is 3.71. The molecule has 0 saturated carbocycles. The molecule has 0 fully saturated rings. The van der Waals surface area contributed by atoms with Crippen LogP contribution in [-0.4, -0.2) is 24.1 Å². The minimum absolute atomic E-state index is 0.739. The van der Waals surface area contributed by atoms with Gasteiger partial charge in [-0.05, 0) is 25.0 Å². The fraction of sp³-hybridized carbons (Fsp3) is 0.583. The molecule has 3 nitrogen and oxygen atoms in total. The number of unbranched alkanes of at least 4 members (excludes halogenated alkanes) is 1. The van der Waals surface area contributed by atoms with E-state index in [0.29, 0.717) is 0 Å². The number of ether oxygens (including phenoxy) is 1. The predicted molar refractivity (Wildman–Crippen MR) is 60.2 cm³/mol. The van der Waals surface area contributed by atoms with E-state index < -0.39 is 0 Å². The van der Waals surface area contributed by atoms with Crippen LogP contribution in [0.25, 0.3) is 0 Å². The Morgan fingerprint density at radius 2 is 2.20 bits per heavy atom. The highest BCUT2D eigenvalue weighted by atomic mass is 16.5. The summed E-state index contributed by atoms with van der Waals surface area (Å²) < 4.78 is 7.40. The largest absolute Gasteiger partial charge is 0.381 e. The summed E-state index contributed by atoms with van der Waals surface area (Å²) >= 11 is 0. The maximum absolute atomic E-state index is 10.6. The minimum atomic E-state index is 0.739. The molecule has 0 spiro atoms. The van der Waals surface area contributed by atoms with Crippen LogP contribution in [0.3, 0.4) is 0 Å². The van der Waals surface area contributed by atoms with Gasteiger partial charge in [0.1, 0.15) is 0 Å². The van der Waals surface area contributed by atoms with Crippen molar-refractivity contribution in [3.05, 3.63) is 24.0 Å². The molecule has 0 saturated heterocycles. The smallest absolute Gasteiger partial charge is 0.166 e. The summed E-state index contributed by atoms with van der Waals surface area (Å²) in [5.74, 6) is 0. The summed E-state index contributed by atoms with van der Waals surface area (Å²) in [4.78, 5) is 10.6. The molecule has 1 aromatic rings.